The number of hydrogen-bond donors (Lipinski definition) is 4. The molecule has 2 aromatic rings. The van der Waals surface area contributed by atoms with Crippen molar-refractivity contribution < 1.29 is 24.2 Å². The largest absolute Gasteiger partial charge is 0.508 e. The van der Waals surface area contributed by atoms with E-state index in [1.165, 1.54) is 6.07 Å². The summed E-state index contributed by atoms with van der Waals surface area (Å²) in [6.07, 6.45) is 0.00559. The van der Waals surface area contributed by atoms with Crippen molar-refractivity contribution in [2.75, 3.05) is 5.75 Å². The fraction of sp³-hybridized carbons (Fsp3) is 0.464. The number of aromatic hydroxyl groups is 1. The van der Waals surface area contributed by atoms with Crippen LogP contribution in [0.3, 0.4) is 0 Å². The van der Waals surface area contributed by atoms with Crippen molar-refractivity contribution in [1.29, 1.82) is 0 Å². The van der Waals surface area contributed by atoms with Gasteiger partial charge >= 0.3 is 6.09 Å². The van der Waals surface area contributed by atoms with E-state index in [0.29, 0.717) is 17.7 Å². The zero-order chi connectivity index (χ0) is 27.3. The molecule has 0 bridgehead atoms. The van der Waals surface area contributed by atoms with Crippen LogP contribution in [-0.4, -0.2) is 51.4 Å². The molecule has 200 valence electrons. The van der Waals surface area contributed by atoms with Crippen LogP contribution in [0, 0.1) is 12.8 Å². The van der Waals surface area contributed by atoms with E-state index in [-0.39, 0.29) is 29.4 Å². The SMILES string of the molecule is Cc1cc(C(C(=O)NCc2ccccc2)N(C(=O)C(CS)NC(=O)OC(C)(C)C)C2CC2C)ccc1O. The molecule has 37 heavy (non-hydrogen) atoms. The Kier molecular flexibility index (Phi) is 9.12. The summed E-state index contributed by atoms with van der Waals surface area (Å²) < 4.78 is 5.34. The van der Waals surface area contributed by atoms with Gasteiger partial charge in [-0.05, 0) is 68.9 Å². The zero-order valence-corrected chi connectivity index (χ0v) is 22.9. The Hall–Kier alpha value is -3.20. The number of carbonyl (C=O) groups is 3. The van der Waals surface area contributed by atoms with Crippen molar-refractivity contribution in [2.24, 2.45) is 5.92 Å². The van der Waals surface area contributed by atoms with Gasteiger partial charge < -0.3 is 25.4 Å². The van der Waals surface area contributed by atoms with E-state index in [1.807, 2.05) is 37.3 Å². The molecule has 0 spiro atoms. The number of benzene rings is 2. The fourth-order valence-corrected chi connectivity index (χ4v) is 4.40. The van der Waals surface area contributed by atoms with Gasteiger partial charge in [0.2, 0.25) is 11.8 Å². The predicted octanol–water partition coefficient (Wildman–Crippen LogP) is 4.12. The van der Waals surface area contributed by atoms with E-state index in [2.05, 4.69) is 23.3 Å². The van der Waals surface area contributed by atoms with Crippen molar-refractivity contribution >= 4 is 30.5 Å². The smallest absolute Gasteiger partial charge is 0.408 e. The van der Waals surface area contributed by atoms with Crippen LogP contribution in [0.1, 0.15) is 56.8 Å². The van der Waals surface area contributed by atoms with Crippen LogP contribution >= 0.6 is 12.6 Å². The van der Waals surface area contributed by atoms with Crippen LogP contribution in [0.15, 0.2) is 48.5 Å². The molecule has 1 aliphatic carbocycles. The number of carbonyl (C=O) groups excluding carboxylic acids is 3. The highest BCUT2D eigenvalue weighted by Crippen LogP contribution is 2.41. The van der Waals surface area contributed by atoms with Crippen LogP contribution in [-0.2, 0) is 20.9 Å². The van der Waals surface area contributed by atoms with Gasteiger partial charge in [-0.15, -0.1) is 0 Å². The highest BCUT2D eigenvalue weighted by Gasteiger charge is 2.48. The maximum atomic E-state index is 13.9. The van der Waals surface area contributed by atoms with Crippen molar-refractivity contribution in [3.63, 3.8) is 0 Å². The second kappa shape index (κ2) is 11.9. The number of rotatable bonds is 9. The molecule has 0 aliphatic heterocycles. The van der Waals surface area contributed by atoms with E-state index in [1.54, 1.807) is 44.7 Å². The molecule has 1 saturated carbocycles. The number of thiol groups is 1. The second-order valence-electron chi connectivity index (χ2n) is 10.6. The summed E-state index contributed by atoms with van der Waals surface area (Å²) in [5.74, 6) is -0.446. The molecule has 1 aliphatic rings. The maximum absolute atomic E-state index is 13.9. The van der Waals surface area contributed by atoms with Gasteiger partial charge in [0.25, 0.3) is 0 Å². The summed E-state index contributed by atoms with van der Waals surface area (Å²) in [6.45, 7) is 9.27. The standard InChI is InChI=1S/C28H37N3O5S/c1-17-14-22(17)31(26(34)21(16-37)30-27(35)36-28(3,4)5)24(20-11-12-23(32)18(2)13-20)25(33)29-15-19-9-7-6-8-10-19/h6-13,17,21-22,24,32,37H,14-16H2,1-5H3,(H,29,33)(H,30,35). The number of nitrogens with one attached hydrogen (secondary N) is 2. The quantitative estimate of drug-likeness (QED) is 0.367. The Balaban J connectivity index is 1.95. The molecule has 4 atom stereocenters. The number of aryl methyl sites for hydroxylation is 1. The normalized spacial score (nSPS) is 18.3. The van der Waals surface area contributed by atoms with Crippen LogP contribution in [0.4, 0.5) is 4.79 Å². The Morgan fingerprint density at radius 2 is 1.81 bits per heavy atom. The van der Waals surface area contributed by atoms with Gasteiger partial charge in [0.05, 0.1) is 0 Å². The Morgan fingerprint density at radius 3 is 2.35 bits per heavy atom. The third-order valence-electron chi connectivity index (χ3n) is 6.22. The molecular formula is C28H37N3O5S. The molecule has 0 saturated heterocycles. The van der Waals surface area contributed by atoms with Crippen molar-refractivity contribution in [3.05, 3.63) is 65.2 Å². The topological polar surface area (TPSA) is 108 Å². The van der Waals surface area contributed by atoms with E-state index in [4.69, 9.17) is 4.74 Å². The zero-order valence-electron chi connectivity index (χ0n) is 22.0. The Bertz CT molecular complexity index is 1120. The number of alkyl carbamates (subject to hydrolysis) is 1. The molecule has 9 heteroatoms. The average molecular weight is 528 g/mol. The predicted molar refractivity (Wildman–Crippen MR) is 145 cm³/mol. The second-order valence-corrected chi connectivity index (χ2v) is 10.9. The summed E-state index contributed by atoms with van der Waals surface area (Å²) in [5, 5.41) is 15.7. The maximum Gasteiger partial charge on any atom is 0.408 e. The number of nitrogens with zero attached hydrogens (tertiary/aromatic N) is 1. The Labute approximate surface area is 224 Å². The van der Waals surface area contributed by atoms with Crippen LogP contribution < -0.4 is 10.6 Å². The number of phenols is 1. The van der Waals surface area contributed by atoms with E-state index >= 15 is 0 Å². The molecule has 1 fully saturated rings. The third-order valence-corrected chi connectivity index (χ3v) is 6.59. The van der Waals surface area contributed by atoms with Gasteiger partial charge in [-0.3, -0.25) is 9.59 Å². The van der Waals surface area contributed by atoms with Crippen LogP contribution in [0.25, 0.3) is 0 Å². The molecule has 3 amide bonds. The first-order chi connectivity index (χ1) is 17.4. The van der Waals surface area contributed by atoms with Gasteiger partial charge in [0.1, 0.15) is 23.4 Å². The minimum atomic E-state index is -0.992. The molecule has 8 nitrogen and oxygen atoms in total. The lowest BCUT2D eigenvalue weighted by atomic mass is 10.00. The van der Waals surface area contributed by atoms with Crippen molar-refractivity contribution in [3.8, 4) is 5.75 Å². The number of phenolic OH excluding ortho intramolecular Hbond substituents is 1. The highest BCUT2D eigenvalue weighted by atomic mass is 32.1. The number of amides is 3. The number of hydrogen-bond acceptors (Lipinski definition) is 6. The van der Waals surface area contributed by atoms with Crippen LogP contribution in [0.5, 0.6) is 5.75 Å². The first-order valence-electron chi connectivity index (χ1n) is 12.4. The summed E-state index contributed by atoms with van der Waals surface area (Å²) in [7, 11) is 0. The first kappa shape index (κ1) is 28.4. The lowest BCUT2D eigenvalue weighted by molar-refractivity contribution is -0.143. The van der Waals surface area contributed by atoms with E-state index in [9.17, 15) is 19.5 Å². The lowest BCUT2D eigenvalue weighted by Crippen LogP contribution is -2.54. The first-order valence-corrected chi connectivity index (χ1v) is 13.1. The molecule has 4 unspecified atom stereocenters. The summed E-state index contributed by atoms with van der Waals surface area (Å²) in [6, 6.07) is 12.3. The minimum absolute atomic E-state index is 0.0304. The summed E-state index contributed by atoms with van der Waals surface area (Å²) in [4.78, 5) is 41.7. The summed E-state index contributed by atoms with van der Waals surface area (Å²) in [5.41, 5.74) is 1.35. The van der Waals surface area contributed by atoms with Crippen molar-refractivity contribution in [2.45, 2.75) is 71.3 Å². The number of ether oxygens (including phenoxy) is 1. The fourth-order valence-electron chi connectivity index (χ4n) is 4.16. The van der Waals surface area contributed by atoms with E-state index < -0.39 is 29.7 Å². The average Bonchev–Trinajstić information content (AvgIpc) is 3.56. The molecule has 3 rings (SSSR count). The monoisotopic (exact) mass is 527 g/mol. The van der Waals surface area contributed by atoms with Gasteiger partial charge in [0, 0.05) is 18.3 Å². The van der Waals surface area contributed by atoms with Crippen molar-refractivity contribution in [1.82, 2.24) is 15.5 Å². The molecule has 0 aromatic heterocycles. The molecule has 2 aromatic carbocycles. The summed E-state index contributed by atoms with van der Waals surface area (Å²) >= 11 is 4.32. The van der Waals surface area contributed by atoms with Crippen LogP contribution in [0.2, 0.25) is 0 Å². The van der Waals surface area contributed by atoms with Gasteiger partial charge in [-0.25, -0.2) is 4.79 Å². The minimum Gasteiger partial charge on any atom is -0.508 e. The Morgan fingerprint density at radius 1 is 1.16 bits per heavy atom. The van der Waals surface area contributed by atoms with Gasteiger partial charge in [0.15, 0.2) is 0 Å². The lowest BCUT2D eigenvalue weighted by Gasteiger charge is -2.35. The third kappa shape index (κ3) is 7.64. The highest BCUT2D eigenvalue weighted by molar-refractivity contribution is 7.80. The molecular weight excluding hydrogens is 490 g/mol. The molecule has 0 heterocycles. The van der Waals surface area contributed by atoms with Gasteiger partial charge in [-0.1, -0.05) is 43.3 Å². The molecule has 0 radical (unpaired) electrons. The molecule has 3 N–H and O–H groups in total. The van der Waals surface area contributed by atoms with E-state index in [0.717, 1.165) is 12.0 Å². The van der Waals surface area contributed by atoms with Gasteiger partial charge in [-0.2, -0.15) is 12.6 Å².